The van der Waals surface area contributed by atoms with E-state index in [-0.39, 0.29) is 5.91 Å². The van der Waals surface area contributed by atoms with Gasteiger partial charge < -0.3 is 14.8 Å². The summed E-state index contributed by atoms with van der Waals surface area (Å²) in [6.07, 6.45) is 0. The largest absolute Gasteiger partial charge is 0.497 e. The first-order valence-corrected chi connectivity index (χ1v) is 7.03. The van der Waals surface area contributed by atoms with Crippen LogP contribution in [0.5, 0.6) is 11.5 Å². The van der Waals surface area contributed by atoms with Gasteiger partial charge in [-0.25, -0.2) is 0 Å². The zero-order valence-corrected chi connectivity index (χ0v) is 12.8. The van der Waals surface area contributed by atoms with Gasteiger partial charge in [0, 0.05) is 6.07 Å². The van der Waals surface area contributed by atoms with E-state index in [1.807, 2.05) is 6.07 Å². The normalized spacial score (nSPS) is 10.1. The molecule has 1 amide bonds. The molecule has 0 radical (unpaired) electrons. The lowest BCUT2D eigenvalue weighted by Gasteiger charge is -2.11. The van der Waals surface area contributed by atoms with Gasteiger partial charge in [-0.05, 0) is 40.2 Å². The average molecular weight is 342 g/mol. The predicted molar refractivity (Wildman–Crippen MR) is 79.5 cm³/mol. The van der Waals surface area contributed by atoms with Crippen molar-refractivity contribution in [1.29, 1.82) is 0 Å². The second-order valence-electron chi connectivity index (χ2n) is 3.62. The van der Waals surface area contributed by atoms with Gasteiger partial charge in [0.1, 0.15) is 11.5 Å². The Morgan fingerprint density at radius 3 is 2.58 bits per heavy atom. The van der Waals surface area contributed by atoms with Crippen molar-refractivity contribution < 1.29 is 14.3 Å². The Morgan fingerprint density at radius 2 is 2.00 bits per heavy atom. The zero-order valence-electron chi connectivity index (χ0n) is 10.4. The lowest BCUT2D eigenvalue weighted by molar-refractivity contribution is 0.103. The Morgan fingerprint density at radius 1 is 1.21 bits per heavy atom. The summed E-state index contributed by atoms with van der Waals surface area (Å²) < 4.78 is 11.3. The number of anilines is 1. The monoisotopic (exact) mass is 341 g/mol. The highest BCUT2D eigenvalue weighted by Crippen LogP contribution is 2.30. The minimum atomic E-state index is -0.178. The molecule has 1 aromatic carbocycles. The van der Waals surface area contributed by atoms with Gasteiger partial charge >= 0.3 is 0 Å². The molecule has 19 heavy (non-hydrogen) atoms. The molecule has 0 fully saturated rings. The number of nitrogens with one attached hydrogen (secondary N) is 1. The summed E-state index contributed by atoms with van der Waals surface area (Å²) in [5, 5.41) is 2.81. The van der Waals surface area contributed by atoms with Crippen LogP contribution in [-0.4, -0.2) is 20.1 Å². The highest BCUT2D eigenvalue weighted by Gasteiger charge is 2.12. The van der Waals surface area contributed by atoms with E-state index in [4.69, 9.17) is 9.47 Å². The molecule has 1 aromatic heterocycles. The molecule has 0 spiro atoms. The Hall–Kier alpha value is -1.53. The lowest BCUT2D eigenvalue weighted by atomic mass is 10.2. The molecule has 0 atom stereocenters. The predicted octanol–water partition coefficient (Wildman–Crippen LogP) is 3.78. The van der Waals surface area contributed by atoms with Crippen LogP contribution >= 0.6 is 27.3 Å². The number of carbonyl (C=O) groups excluding carboxylic acids is 1. The maximum Gasteiger partial charge on any atom is 0.265 e. The third-order valence-electron chi connectivity index (χ3n) is 2.45. The number of hydrogen-bond acceptors (Lipinski definition) is 4. The van der Waals surface area contributed by atoms with Crippen molar-refractivity contribution in [3.63, 3.8) is 0 Å². The number of ether oxygens (including phenoxy) is 2. The molecule has 100 valence electrons. The van der Waals surface area contributed by atoms with Crippen LogP contribution in [0.4, 0.5) is 5.69 Å². The quantitative estimate of drug-likeness (QED) is 0.920. The fourth-order valence-corrected chi connectivity index (χ4v) is 2.81. The summed E-state index contributed by atoms with van der Waals surface area (Å²) >= 11 is 4.70. The molecule has 1 heterocycles. The number of halogens is 1. The molecule has 2 aromatic rings. The van der Waals surface area contributed by atoms with E-state index >= 15 is 0 Å². The van der Waals surface area contributed by atoms with Gasteiger partial charge in [-0.3, -0.25) is 4.79 Å². The number of hydrogen-bond donors (Lipinski definition) is 1. The Bertz CT molecular complexity index is 597. The molecule has 6 heteroatoms. The number of methoxy groups -OCH3 is 2. The summed E-state index contributed by atoms with van der Waals surface area (Å²) in [7, 11) is 3.13. The number of carbonyl (C=O) groups is 1. The van der Waals surface area contributed by atoms with Crippen molar-refractivity contribution in [2.75, 3.05) is 19.5 Å². The summed E-state index contributed by atoms with van der Waals surface area (Å²) in [6, 6.07) is 8.84. The third kappa shape index (κ3) is 3.27. The summed E-state index contributed by atoms with van der Waals surface area (Å²) in [5.74, 6) is 1.07. The van der Waals surface area contributed by atoms with Gasteiger partial charge in [0.05, 0.1) is 28.6 Å². The average Bonchev–Trinajstić information content (AvgIpc) is 2.85. The minimum Gasteiger partial charge on any atom is -0.497 e. The second kappa shape index (κ2) is 6.08. The van der Waals surface area contributed by atoms with Gasteiger partial charge in [0.15, 0.2) is 0 Å². The van der Waals surface area contributed by atoms with E-state index in [0.717, 1.165) is 3.79 Å². The molecular weight excluding hydrogens is 330 g/mol. The highest BCUT2D eigenvalue weighted by molar-refractivity contribution is 9.11. The van der Waals surface area contributed by atoms with E-state index in [2.05, 4.69) is 21.2 Å². The number of thiophene rings is 1. The Balaban J connectivity index is 2.24. The van der Waals surface area contributed by atoms with Gasteiger partial charge in [-0.2, -0.15) is 0 Å². The summed E-state index contributed by atoms with van der Waals surface area (Å²) in [4.78, 5) is 12.7. The molecule has 0 aliphatic heterocycles. The van der Waals surface area contributed by atoms with E-state index in [1.54, 1.807) is 38.5 Å². The molecule has 0 aliphatic carbocycles. The molecule has 0 unspecified atom stereocenters. The molecule has 2 rings (SSSR count). The molecule has 1 N–H and O–H groups in total. The maximum atomic E-state index is 12.1. The van der Waals surface area contributed by atoms with Crippen molar-refractivity contribution in [3.05, 3.63) is 39.0 Å². The number of rotatable bonds is 4. The Labute approximate surface area is 123 Å². The van der Waals surface area contributed by atoms with E-state index in [1.165, 1.54) is 11.3 Å². The molecule has 4 nitrogen and oxygen atoms in total. The topological polar surface area (TPSA) is 47.6 Å². The fourth-order valence-electron chi connectivity index (χ4n) is 1.53. The van der Waals surface area contributed by atoms with Crippen LogP contribution in [0.25, 0.3) is 0 Å². The van der Waals surface area contributed by atoms with Crippen LogP contribution in [0.3, 0.4) is 0 Å². The van der Waals surface area contributed by atoms with Crippen molar-refractivity contribution in [3.8, 4) is 11.5 Å². The molecule has 0 saturated heterocycles. The molecule has 0 aliphatic rings. The first-order chi connectivity index (χ1) is 9.13. The van der Waals surface area contributed by atoms with Gasteiger partial charge in [0.25, 0.3) is 5.91 Å². The SMILES string of the molecule is COc1ccc(OC)c(NC(=O)c2ccc(Br)s2)c1. The highest BCUT2D eigenvalue weighted by atomic mass is 79.9. The van der Waals surface area contributed by atoms with Crippen LogP contribution in [0.1, 0.15) is 9.67 Å². The summed E-state index contributed by atoms with van der Waals surface area (Å²) in [5.41, 5.74) is 0.580. The van der Waals surface area contributed by atoms with Crippen LogP contribution in [0.15, 0.2) is 34.1 Å². The Kier molecular flexibility index (Phi) is 4.44. The third-order valence-corrected chi connectivity index (χ3v) is 4.07. The molecular formula is C13H12BrNO3S. The first-order valence-electron chi connectivity index (χ1n) is 5.42. The first kappa shape index (κ1) is 13.9. The maximum absolute atomic E-state index is 12.1. The summed E-state index contributed by atoms with van der Waals surface area (Å²) in [6.45, 7) is 0. The molecule has 0 saturated carbocycles. The van der Waals surface area contributed by atoms with Gasteiger partial charge in [-0.1, -0.05) is 0 Å². The van der Waals surface area contributed by atoms with Crippen molar-refractivity contribution >= 4 is 38.9 Å². The van der Waals surface area contributed by atoms with E-state index < -0.39 is 0 Å². The van der Waals surface area contributed by atoms with E-state index in [0.29, 0.717) is 22.1 Å². The standard InChI is InChI=1S/C13H12BrNO3S/c1-17-8-3-4-10(18-2)9(7-8)15-13(16)11-5-6-12(14)19-11/h3-7H,1-2H3,(H,15,16). The van der Waals surface area contributed by atoms with Gasteiger partial charge in [0.2, 0.25) is 0 Å². The number of amides is 1. The minimum absolute atomic E-state index is 0.178. The van der Waals surface area contributed by atoms with Crippen LogP contribution < -0.4 is 14.8 Å². The smallest absolute Gasteiger partial charge is 0.265 e. The van der Waals surface area contributed by atoms with Crippen molar-refractivity contribution in [1.82, 2.24) is 0 Å². The zero-order chi connectivity index (χ0) is 13.8. The van der Waals surface area contributed by atoms with Crippen molar-refractivity contribution in [2.45, 2.75) is 0 Å². The molecule has 0 bridgehead atoms. The van der Waals surface area contributed by atoms with Crippen LogP contribution in [0, 0.1) is 0 Å². The number of benzene rings is 1. The van der Waals surface area contributed by atoms with Crippen molar-refractivity contribution in [2.24, 2.45) is 0 Å². The van der Waals surface area contributed by atoms with Gasteiger partial charge in [-0.15, -0.1) is 11.3 Å². The second-order valence-corrected chi connectivity index (χ2v) is 6.09. The van der Waals surface area contributed by atoms with Crippen LogP contribution in [-0.2, 0) is 0 Å². The van der Waals surface area contributed by atoms with Crippen LogP contribution in [0.2, 0.25) is 0 Å². The fraction of sp³-hybridized carbons (Fsp3) is 0.154. The lowest BCUT2D eigenvalue weighted by Crippen LogP contribution is -2.11. The van der Waals surface area contributed by atoms with E-state index in [9.17, 15) is 4.79 Å².